The molecule has 0 aromatic carbocycles. The summed E-state index contributed by atoms with van der Waals surface area (Å²) in [6.07, 6.45) is 1.89. The van der Waals surface area contributed by atoms with Crippen LogP contribution in [0.15, 0.2) is 0 Å². The molecule has 0 N–H and O–H groups in total. The number of halogens is 1. The molecule has 0 spiro atoms. The van der Waals surface area contributed by atoms with Gasteiger partial charge in [0.15, 0.2) is 0 Å². The zero-order valence-corrected chi connectivity index (χ0v) is 13.0. The lowest BCUT2D eigenvalue weighted by atomic mass is 9.96. The van der Waals surface area contributed by atoms with Gasteiger partial charge in [0.2, 0.25) is 10.0 Å². The molecule has 0 bridgehead atoms. The molecule has 6 heteroatoms. The molecule has 0 aromatic rings. The summed E-state index contributed by atoms with van der Waals surface area (Å²) >= 11 is 3.57. The molecule has 0 aromatic heterocycles. The normalized spacial score (nSPS) is 21.6. The van der Waals surface area contributed by atoms with Crippen molar-refractivity contribution < 1.29 is 13.2 Å². The minimum Gasteiger partial charge on any atom is -0.381 e. The number of hydrogen-bond donors (Lipinski definition) is 0. The van der Waals surface area contributed by atoms with Crippen molar-refractivity contribution in [3.63, 3.8) is 0 Å². The highest BCUT2D eigenvalue weighted by Gasteiger charge is 2.29. The molecule has 1 unspecified atom stereocenters. The highest BCUT2D eigenvalue weighted by atomic mass is 79.9. The van der Waals surface area contributed by atoms with Crippen LogP contribution in [-0.4, -0.2) is 49.6 Å². The molecule has 0 radical (unpaired) electrons. The van der Waals surface area contributed by atoms with Gasteiger partial charge >= 0.3 is 0 Å². The molecule has 0 aliphatic carbocycles. The predicted octanol–water partition coefficient (Wildman–Crippen LogP) is 1.85. The summed E-state index contributed by atoms with van der Waals surface area (Å²) in [6.45, 7) is 6.16. The first-order valence-electron chi connectivity index (χ1n) is 6.17. The average molecular weight is 328 g/mol. The maximum Gasteiger partial charge on any atom is 0.216 e. The largest absolute Gasteiger partial charge is 0.381 e. The number of nitrogens with zero attached hydrogens (tertiary/aromatic N) is 1. The highest BCUT2D eigenvalue weighted by molar-refractivity contribution is 9.09. The Labute approximate surface area is 113 Å². The van der Waals surface area contributed by atoms with Crippen molar-refractivity contribution in [1.82, 2.24) is 4.31 Å². The quantitative estimate of drug-likeness (QED) is 0.552. The number of alkyl halides is 1. The monoisotopic (exact) mass is 327 g/mol. The first-order valence-corrected chi connectivity index (χ1v) is 8.69. The van der Waals surface area contributed by atoms with Gasteiger partial charge in [0.1, 0.15) is 0 Å². The fourth-order valence-corrected chi connectivity index (χ4v) is 3.93. The molecule has 1 heterocycles. The van der Waals surface area contributed by atoms with Crippen LogP contribution in [0.4, 0.5) is 0 Å². The van der Waals surface area contributed by atoms with Crippen LogP contribution in [0.3, 0.4) is 0 Å². The van der Waals surface area contributed by atoms with Crippen LogP contribution in [0.5, 0.6) is 0 Å². The van der Waals surface area contributed by atoms with E-state index in [1.165, 1.54) is 0 Å². The number of rotatable bonds is 6. The maximum atomic E-state index is 12.0. The third-order valence-electron chi connectivity index (χ3n) is 3.23. The Morgan fingerprint density at radius 3 is 2.47 bits per heavy atom. The number of ether oxygens (including phenoxy) is 1. The summed E-state index contributed by atoms with van der Waals surface area (Å²) in [7, 11) is -3.11. The number of sulfonamides is 1. The van der Waals surface area contributed by atoms with E-state index in [9.17, 15) is 8.42 Å². The molecule has 1 aliphatic rings. The zero-order chi connectivity index (χ0) is 12.9. The summed E-state index contributed by atoms with van der Waals surface area (Å²) in [5, 5.41) is 0. The van der Waals surface area contributed by atoms with E-state index in [1.54, 1.807) is 4.31 Å². The lowest BCUT2D eigenvalue weighted by Crippen LogP contribution is -2.41. The van der Waals surface area contributed by atoms with Crippen molar-refractivity contribution in [2.75, 3.05) is 32.1 Å². The summed E-state index contributed by atoms with van der Waals surface area (Å²) in [6, 6.07) is 0. The maximum absolute atomic E-state index is 12.0. The molecular formula is C11H22BrNO3S. The first kappa shape index (κ1) is 15.4. The van der Waals surface area contributed by atoms with Crippen LogP contribution in [0.25, 0.3) is 0 Å². The number of piperidine rings is 1. The molecule has 0 amide bonds. The molecule has 4 nitrogen and oxygen atoms in total. The van der Waals surface area contributed by atoms with Crippen LogP contribution in [0.2, 0.25) is 0 Å². The smallest absolute Gasteiger partial charge is 0.216 e. The molecule has 1 saturated heterocycles. The van der Waals surface area contributed by atoms with Crippen molar-refractivity contribution in [2.45, 2.75) is 31.5 Å². The molecule has 1 rings (SSSR count). The Kier molecular flexibility index (Phi) is 6.40. The van der Waals surface area contributed by atoms with Crippen LogP contribution in [-0.2, 0) is 14.8 Å². The van der Waals surface area contributed by atoms with E-state index in [4.69, 9.17) is 4.74 Å². The van der Waals surface area contributed by atoms with Gasteiger partial charge in [-0.05, 0) is 25.7 Å². The Morgan fingerprint density at radius 1 is 1.41 bits per heavy atom. The van der Waals surface area contributed by atoms with Gasteiger partial charge in [-0.15, -0.1) is 0 Å². The van der Waals surface area contributed by atoms with Gasteiger partial charge in [-0.2, -0.15) is 0 Å². The van der Waals surface area contributed by atoms with Gasteiger partial charge in [0, 0.05) is 24.5 Å². The molecule has 1 aliphatic heterocycles. The third-order valence-corrected chi connectivity index (χ3v) is 5.81. The van der Waals surface area contributed by atoms with Gasteiger partial charge in [-0.3, -0.25) is 0 Å². The molecule has 1 fully saturated rings. The topological polar surface area (TPSA) is 46.6 Å². The van der Waals surface area contributed by atoms with Crippen molar-refractivity contribution >= 4 is 26.0 Å². The Balaban J connectivity index is 2.41. The molecular weight excluding hydrogens is 306 g/mol. The summed E-state index contributed by atoms with van der Waals surface area (Å²) in [5.74, 6) is 0.698. The second-order valence-electron chi connectivity index (χ2n) is 4.43. The second-order valence-corrected chi connectivity index (χ2v) is 7.96. The molecule has 102 valence electrons. The first-order chi connectivity index (χ1) is 7.97. The van der Waals surface area contributed by atoms with E-state index in [2.05, 4.69) is 22.9 Å². The van der Waals surface area contributed by atoms with Crippen LogP contribution in [0, 0.1) is 5.92 Å². The Morgan fingerprint density at radius 2 is 2.00 bits per heavy atom. The fourth-order valence-electron chi connectivity index (χ4n) is 2.05. The summed E-state index contributed by atoms with van der Waals surface area (Å²) in [5.41, 5.74) is 0. The standard InChI is InChI=1S/C11H22BrNO3S/c1-3-16-8-9-17(14,15)13-6-4-11(5-7-13)10(2)12/h10-11H,3-9H2,1-2H3. The lowest BCUT2D eigenvalue weighted by molar-refractivity contribution is 0.161. The van der Waals surface area contributed by atoms with Crippen LogP contribution in [0.1, 0.15) is 26.7 Å². The third kappa shape index (κ3) is 4.85. The fraction of sp³-hybridized carbons (Fsp3) is 1.00. The van der Waals surface area contributed by atoms with Crippen LogP contribution < -0.4 is 0 Å². The van der Waals surface area contributed by atoms with Crippen molar-refractivity contribution in [3.8, 4) is 0 Å². The minimum atomic E-state index is -3.11. The van der Waals surface area contributed by atoms with Gasteiger partial charge in [0.25, 0.3) is 0 Å². The predicted molar refractivity (Wildman–Crippen MR) is 73.0 cm³/mol. The van der Waals surface area contributed by atoms with E-state index >= 15 is 0 Å². The molecule has 0 saturated carbocycles. The minimum absolute atomic E-state index is 0.107. The van der Waals surface area contributed by atoms with Gasteiger partial charge < -0.3 is 4.74 Å². The van der Waals surface area contributed by atoms with Gasteiger partial charge in [-0.1, -0.05) is 22.9 Å². The van der Waals surface area contributed by atoms with Crippen molar-refractivity contribution in [2.24, 2.45) is 5.92 Å². The van der Waals surface area contributed by atoms with Crippen LogP contribution >= 0.6 is 15.9 Å². The number of hydrogen-bond acceptors (Lipinski definition) is 3. The van der Waals surface area contributed by atoms with E-state index in [1.807, 2.05) is 6.92 Å². The van der Waals surface area contributed by atoms with E-state index in [-0.39, 0.29) is 5.75 Å². The average Bonchev–Trinajstić information content (AvgIpc) is 2.29. The SMILES string of the molecule is CCOCCS(=O)(=O)N1CCC(C(C)Br)CC1. The van der Waals surface area contributed by atoms with Gasteiger partial charge in [0.05, 0.1) is 12.4 Å². The second kappa shape index (κ2) is 7.07. The lowest BCUT2D eigenvalue weighted by Gasteiger charge is -2.32. The molecule has 1 atom stereocenters. The van der Waals surface area contributed by atoms with E-state index in [0.29, 0.717) is 37.0 Å². The summed E-state index contributed by atoms with van der Waals surface area (Å²) in [4.78, 5) is 0.468. The highest BCUT2D eigenvalue weighted by Crippen LogP contribution is 2.26. The summed E-state index contributed by atoms with van der Waals surface area (Å²) < 4.78 is 30.7. The van der Waals surface area contributed by atoms with Crippen molar-refractivity contribution in [1.29, 1.82) is 0 Å². The van der Waals surface area contributed by atoms with Gasteiger partial charge in [-0.25, -0.2) is 12.7 Å². The van der Waals surface area contributed by atoms with Crippen molar-refractivity contribution in [3.05, 3.63) is 0 Å². The Bertz CT molecular complexity index is 311. The Hall–Kier alpha value is 0.350. The zero-order valence-electron chi connectivity index (χ0n) is 10.6. The van der Waals surface area contributed by atoms with E-state index in [0.717, 1.165) is 12.8 Å². The van der Waals surface area contributed by atoms with E-state index < -0.39 is 10.0 Å². The molecule has 17 heavy (non-hydrogen) atoms.